The van der Waals surface area contributed by atoms with Crippen LogP contribution in [0, 0.1) is 0 Å². The quantitative estimate of drug-likeness (QED) is 0.689. The van der Waals surface area contributed by atoms with Crippen molar-refractivity contribution in [3.05, 3.63) is 59.7 Å². The van der Waals surface area contributed by atoms with Crippen molar-refractivity contribution < 1.29 is 17.9 Å². The monoisotopic (exact) mass is 329 g/mol. The zero-order chi connectivity index (χ0) is 16.6. The van der Waals surface area contributed by atoms with E-state index in [0.717, 1.165) is 23.0 Å². The summed E-state index contributed by atoms with van der Waals surface area (Å²) in [6.45, 7) is 0.163. The number of carbonyl (C=O) groups is 1. The fraction of sp³-hybridized carbons (Fsp3) is 0.118. The molecule has 1 heterocycles. The molecule has 0 aliphatic carbocycles. The Labute approximate surface area is 134 Å². The molecule has 5 nitrogen and oxygen atoms in total. The molecule has 0 aromatic heterocycles. The highest BCUT2D eigenvalue weighted by molar-refractivity contribution is 7.90. The molecule has 0 amide bonds. The zero-order valence-electron chi connectivity index (χ0n) is 12.4. The van der Waals surface area contributed by atoms with Crippen LogP contribution in [-0.2, 0) is 19.4 Å². The van der Waals surface area contributed by atoms with Gasteiger partial charge in [-0.15, -0.1) is 0 Å². The van der Waals surface area contributed by atoms with E-state index in [2.05, 4.69) is 0 Å². The van der Waals surface area contributed by atoms with E-state index in [9.17, 15) is 13.2 Å². The molecule has 3 rings (SSSR count). The first kappa shape index (κ1) is 15.3. The number of hydrogen-bond acceptors (Lipinski definition) is 5. The third kappa shape index (κ3) is 2.98. The number of esters is 1. The lowest BCUT2D eigenvalue weighted by Crippen LogP contribution is -1.99. The molecule has 0 saturated heterocycles. The molecule has 0 bridgehead atoms. The second-order valence-corrected chi connectivity index (χ2v) is 7.36. The minimum absolute atomic E-state index is 0.163. The van der Waals surface area contributed by atoms with Crippen molar-refractivity contribution in [2.24, 2.45) is 0 Å². The van der Waals surface area contributed by atoms with Crippen LogP contribution in [0.3, 0.4) is 0 Å². The summed E-state index contributed by atoms with van der Waals surface area (Å²) in [5, 5.41) is 0. The molecule has 0 fully saturated rings. The third-order valence-corrected chi connectivity index (χ3v) is 4.81. The van der Waals surface area contributed by atoms with Gasteiger partial charge in [0.2, 0.25) is 0 Å². The molecular weight excluding hydrogens is 314 g/mol. The van der Waals surface area contributed by atoms with Gasteiger partial charge in [-0.1, -0.05) is 24.3 Å². The molecule has 0 unspecified atom stereocenters. The molecule has 2 aromatic carbocycles. The van der Waals surface area contributed by atoms with Gasteiger partial charge in [0, 0.05) is 17.5 Å². The van der Waals surface area contributed by atoms with Gasteiger partial charge in [0.25, 0.3) is 0 Å². The summed E-state index contributed by atoms with van der Waals surface area (Å²) < 4.78 is 28.2. The van der Waals surface area contributed by atoms with Gasteiger partial charge in [-0.3, -0.25) is 0 Å². The third-order valence-electron chi connectivity index (χ3n) is 3.68. The molecule has 0 radical (unpaired) electrons. The van der Waals surface area contributed by atoms with E-state index in [4.69, 9.17) is 10.5 Å². The number of nitrogens with two attached hydrogens (primary N) is 1. The number of benzene rings is 2. The Kier molecular flexibility index (Phi) is 3.69. The maximum Gasteiger partial charge on any atom is 0.339 e. The fourth-order valence-corrected chi connectivity index (χ4v) is 3.11. The predicted molar refractivity (Wildman–Crippen MR) is 88.2 cm³/mol. The number of ether oxygens (including phenoxy) is 1. The van der Waals surface area contributed by atoms with Gasteiger partial charge < -0.3 is 10.5 Å². The van der Waals surface area contributed by atoms with Crippen LogP contribution >= 0.6 is 0 Å². The summed E-state index contributed by atoms with van der Waals surface area (Å²) in [6.07, 6.45) is 1.16. The summed E-state index contributed by atoms with van der Waals surface area (Å²) in [5.41, 5.74) is 8.99. The topological polar surface area (TPSA) is 86.5 Å². The summed E-state index contributed by atoms with van der Waals surface area (Å²) in [7, 11) is -3.25. The average Bonchev–Trinajstić information content (AvgIpc) is 2.89. The standard InChI is InChI=1S/C17H15NO4S/c1-23(20,21)14-8-4-11(5-9-14)15-10-22-17(19)16(15)12-2-6-13(18)7-3-12/h2-9H,10,18H2,1H3. The zero-order valence-corrected chi connectivity index (χ0v) is 13.3. The number of hydrogen-bond donors (Lipinski definition) is 1. The minimum Gasteiger partial charge on any atom is -0.457 e. The first-order chi connectivity index (χ1) is 10.9. The lowest BCUT2D eigenvalue weighted by molar-refractivity contribution is -0.133. The smallest absolute Gasteiger partial charge is 0.339 e. The highest BCUT2D eigenvalue weighted by atomic mass is 32.2. The number of cyclic esters (lactones) is 1. The van der Waals surface area contributed by atoms with E-state index in [1.807, 2.05) is 0 Å². The van der Waals surface area contributed by atoms with E-state index in [1.165, 1.54) is 12.1 Å². The summed E-state index contributed by atoms with van der Waals surface area (Å²) in [5.74, 6) is -0.392. The van der Waals surface area contributed by atoms with Gasteiger partial charge in [0.1, 0.15) is 6.61 Å². The summed E-state index contributed by atoms with van der Waals surface area (Å²) in [6, 6.07) is 13.4. The van der Waals surface area contributed by atoms with Crippen LogP contribution in [0.25, 0.3) is 11.1 Å². The van der Waals surface area contributed by atoms with Crippen LogP contribution in [-0.4, -0.2) is 27.2 Å². The van der Waals surface area contributed by atoms with E-state index < -0.39 is 15.8 Å². The summed E-state index contributed by atoms with van der Waals surface area (Å²) >= 11 is 0. The SMILES string of the molecule is CS(=O)(=O)c1ccc(C2=C(c3ccc(N)cc3)C(=O)OC2)cc1. The molecule has 1 aliphatic heterocycles. The van der Waals surface area contributed by atoms with Gasteiger partial charge in [0.05, 0.1) is 10.5 Å². The van der Waals surface area contributed by atoms with Gasteiger partial charge in [-0.25, -0.2) is 13.2 Å². The number of anilines is 1. The average molecular weight is 329 g/mol. The van der Waals surface area contributed by atoms with E-state index in [1.54, 1.807) is 36.4 Å². The van der Waals surface area contributed by atoms with Crippen LogP contribution in [0.1, 0.15) is 11.1 Å². The first-order valence-corrected chi connectivity index (χ1v) is 8.82. The lowest BCUT2D eigenvalue weighted by Gasteiger charge is -2.06. The van der Waals surface area contributed by atoms with Crippen molar-refractivity contribution >= 4 is 32.6 Å². The molecule has 0 atom stereocenters. The number of carbonyl (C=O) groups excluding carboxylic acids is 1. The second-order valence-electron chi connectivity index (χ2n) is 5.35. The van der Waals surface area contributed by atoms with Crippen LogP contribution < -0.4 is 5.73 Å². The van der Waals surface area contributed by atoms with Crippen molar-refractivity contribution in [1.82, 2.24) is 0 Å². The minimum atomic E-state index is -3.25. The predicted octanol–water partition coefficient (Wildman–Crippen LogP) is 2.14. The molecule has 0 spiro atoms. The van der Waals surface area contributed by atoms with Gasteiger partial charge in [-0.2, -0.15) is 0 Å². The van der Waals surface area contributed by atoms with Gasteiger partial charge in [-0.05, 0) is 35.4 Å². The first-order valence-electron chi connectivity index (χ1n) is 6.93. The molecule has 2 N–H and O–H groups in total. The Morgan fingerprint density at radius 2 is 1.52 bits per heavy atom. The highest BCUT2D eigenvalue weighted by Gasteiger charge is 2.27. The molecule has 0 saturated carbocycles. The Hall–Kier alpha value is -2.60. The van der Waals surface area contributed by atoms with Crippen LogP contribution in [0.5, 0.6) is 0 Å². The maximum atomic E-state index is 12.1. The van der Waals surface area contributed by atoms with Crippen LogP contribution in [0.4, 0.5) is 5.69 Å². The molecular formula is C17H15NO4S. The Morgan fingerprint density at radius 1 is 0.957 bits per heavy atom. The van der Waals surface area contributed by atoms with Crippen molar-refractivity contribution in [2.45, 2.75) is 4.90 Å². The number of nitrogen functional groups attached to an aromatic ring is 1. The normalized spacial score (nSPS) is 14.9. The Morgan fingerprint density at radius 3 is 2.09 bits per heavy atom. The molecule has 6 heteroatoms. The maximum absolute atomic E-state index is 12.1. The van der Waals surface area contributed by atoms with E-state index in [0.29, 0.717) is 11.3 Å². The number of rotatable bonds is 3. The molecule has 23 heavy (non-hydrogen) atoms. The van der Waals surface area contributed by atoms with Crippen molar-refractivity contribution in [1.29, 1.82) is 0 Å². The van der Waals surface area contributed by atoms with Crippen molar-refractivity contribution in [3.8, 4) is 0 Å². The van der Waals surface area contributed by atoms with Crippen molar-refractivity contribution in [3.63, 3.8) is 0 Å². The summed E-state index contributed by atoms with van der Waals surface area (Å²) in [4.78, 5) is 12.3. The Balaban J connectivity index is 2.08. The van der Waals surface area contributed by atoms with Crippen LogP contribution in [0.15, 0.2) is 53.4 Å². The highest BCUT2D eigenvalue weighted by Crippen LogP contribution is 2.33. The van der Waals surface area contributed by atoms with Gasteiger partial charge in [0.15, 0.2) is 9.84 Å². The van der Waals surface area contributed by atoms with Gasteiger partial charge >= 0.3 is 5.97 Å². The molecule has 2 aromatic rings. The van der Waals surface area contributed by atoms with E-state index in [-0.39, 0.29) is 11.5 Å². The van der Waals surface area contributed by atoms with Crippen molar-refractivity contribution in [2.75, 3.05) is 18.6 Å². The van der Waals surface area contributed by atoms with Crippen LogP contribution in [0.2, 0.25) is 0 Å². The Bertz CT molecular complexity index is 895. The lowest BCUT2D eigenvalue weighted by atomic mass is 9.96. The largest absolute Gasteiger partial charge is 0.457 e. The van der Waals surface area contributed by atoms with E-state index >= 15 is 0 Å². The molecule has 118 valence electrons. The second kappa shape index (κ2) is 5.55. The number of sulfone groups is 1. The molecule has 1 aliphatic rings. The fourth-order valence-electron chi connectivity index (χ4n) is 2.48.